The van der Waals surface area contributed by atoms with Crippen LogP contribution >= 0.6 is 0 Å². The Morgan fingerprint density at radius 2 is 2.18 bits per heavy atom. The van der Waals surface area contributed by atoms with Crippen LogP contribution in [0.5, 0.6) is 0 Å². The molecule has 96 valence electrons. The molecule has 0 aliphatic carbocycles. The van der Waals surface area contributed by atoms with Crippen molar-refractivity contribution < 1.29 is 12.8 Å². The smallest absolute Gasteiger partial charge is 0.199 e. The van der Waals surface area contributed by atoms with Gasteiger partial charge in [-0.3, -0.25) is 0 Å². The van der Waals surface area contributed by atoms with E-state index in [1.807, 2.05) is 20.8 Å². The van der Waals surface area contributed by atoms with Crippen molar-refractivity contribution in [1.82, 2.24) is 10.3 Å². The summed E-state index contributed by atoms with van der Waals surface area (Å²) in [4.78, 5) is 4.21. The Labute approximate surface area is 102 Å². The summed E-state index contributed by atoms with van der Waals surface area (Å²) in [5.41, 5.74) is -0.161. The lowest BCUT2D eigenvalue weighted by Gasteiger charge is -2.21. The van der Waals surface area contributed by atoms with E-state index in [-0.39, 0.29) is 23.0 Å². The Hall–Kier alpha value is -0.880. The number of oxazole rings is 1. The van der Waals surface area contributed by atoms with Gasteiger partial charge < -0.3 is 9.73 Å². The molecule has 0 radical (unpaired) electrons. The molecule has 1 N–H and O–H groups in total. The molecular weight excluding hydrogens is 240 g/mol. The van der Waals surface area contributed by atoms with Crippen molar-refractivity contribution in [3.8, 4) is 0 Å². The molecule has 1 aliphatic heterocycles. The van der Waals surface area contributed by atoms with Gasteiger partial charge >= 0.3 is 0 Å². The van der Waals surface area contributed by atoms with E-state index in [1.54, 1.807) is 6.20 Å². The predicted molar refractivity (Wildman–Crippen MR) is 64.6 cm³/mol. The predicted octanol–water partition coefficient (Wildman–Crippen LogP) is 1.03. The minimum Gasteiger partial charge on any atom is -0.443 e. The SMILES string of the molecule is CC(C)(C)c1ncc(C2CS(=O)(=O)CCN2)o1. The maximum Gasteiger partial charge on any atom is 0.199 e. The molecule has 0 aromatic carbocycles. The molecule has 1 saturated heterocycles. The third-order valence-corrected chi connectivity index (χ3v) is 4.40. The van der Waals surface area contributed by atoms with Crippen molar-refractivity contribution >= 4 is 9.84 Å². The van der Waals surface area contributed by atoms with Crippen molar-refractivity contribution in [3.63, 3.8) is 0 Å². The highest BCUT2D eigenvalue weighted by molar-refractivity contribution is 7.91. The molecule has 1 atom stereocenters. The van der Waals surface area contributed by atoms with Gasteiger partial charge in [-0.05, 0) is 0 Å². The summed E-state index contributed by atoms with van der Waals surface area (Å²) >= 11 is 0. The van der Waals surface area contributed by atoms with Crippen LogP contribution in [0.1, 0.15) is 38.5 Å². The van der Waals surface area contributed by atoms with Gasteiger partial charge in [0.05, 0.1) is 23.7 Å². The second-order valence-electron chi connectivity index (χ2n) is 5.44. The molecule has 1 unspecified atom stereocenters. The summed E-state index contributed by atoms with van der Waals surface area (Å²) in [6.07, 6.45) is 1.62. The van der Waals surface area contributed by atoms with Gasteiger partial charge in [-0.2, -0.15) is 0 Å². The molecule has 0 amide bonds. The zero-order chi connectivity index (χ0) is 12.7. The van der Waals surface area contributed by atoms with Crippen LogP contribution in [0.15, 0.2) is 10.6 Å². The largest absolute Gasteiger partial charge is 0.443 e. The Morgan fingerprint density at radius 1 is 1.47 bits per heavy atom. The van der Waals surface area contributed by atoms with Gasteiger partial charge in [0.25, 0.3) is 0 Å². The molecule has 2 heterocycles. The van der Waals surface area contributed by atoms with Crippen molar-refractivity contribution in [3.05, 3.63) is 17.8 Å². The Balaban J connectivity index is 2.21. The maximum atomic E-state index is 11.5. The lowest BCUT2D eigenvalue weighted by Crippen LogP contribution is -2.38. The first kappa shape index (κ1) is 12.6. The van der Waals surface area contributed by atoms with Gasteiger partial charge in [0.2, 0.25) is 0 Å². The third-order valence-electron chi connectivity index (χ3n) is 2.73. The number of aromatic nitrogens is 1. The highest BCUT2D eigenvalue weighted by Gasteiger charge is 2.29. The molecule has 0 bridgehead atoms. The molecule has 5 nitrogen and oxygen atoms in total. The quantitative estimate of drug-likeness (QED) is 0.814. The molecule has 1 fully saturated rings. The summed E-state index contributed by atoms with van der Waals surface area (Å²) in [7, 11) is -2.96. The standard InChI is InChI=1S/C11H18N2O3S/c1-11(2,3)10-13-6-9(16-10)8-7-17(14,15)5-4-12-8/h6,8,12H,4-5,7H2,1-3H3. The van der Waals surface area contributed by atoms with E-state index in [2.05, 4.69) is 10.3 Å². The monoisotopic (exact) mass is 258 g/mol. The van der Waals surface area contributed by atoms with Crippen molar-refractivity contribution in [2.24, 2.45) is 0 Å². The topological polar surface area (TPSA) is 72.2 Å². The number of rotatable bonds is 1. The Bertz CT molecular complexity index is 499. The summed E-state index contributed by atoms with van der Waals surface area (Å²) in [5, 5.41) is 3.14. The first-order valence-electron chi connectivity index (χ1n) is 5.68. The minimum atomic E-state index is -2.96. The summed E-state index contributed by atoms with van der Waals surface area (Å²) < 4.78 is 28.7. The van der Waals surface area contributed by atoms with Crippen molar-refractivity contribution in [1.29, 1.82) is 0 Å². The molecule has 2 rings (SSSR count). The third kappa shape index (κ3) is 2.87. The lowest BCUT2D eigenvalue weighted by molar-refractivity contribution is 0.348. The van der Waals surface area contributed by atoms with E-state index in [9.17, 15) is 8.42 Å². The van der Waals surface area contributed by atoms with Gasteiger partial charge in [0.15, 0.2) is 15.7 Å². The normalized spacial score (nSPS) is 24.8. The van der Waals surface area contributed by atoms with Gasteiger partial charge in [-0.1, -0.05) is 20.8 Å². The van der Waals surface area contributed by atoms with Crippen LogP contribution < -0.4 is 5.32 Å². The van der Waals surface area contributed by atoms with Crippen LogP contribution in [-0.2, 0) is 15.3 Å². The number of nitrogens with one attached hydrogen (secondary N) is 1. The first-order chi connectivity index (χ1) is 7.78. The molecule has 0 saturated carbocycles. The number of sulfone groups is 1. The van der Waals surface area contributed by atoms with E-state index in [0.29, 0.717) is 18.2 Å². The van der Waals surface area contributed by atoms with Crippen LogP contribution in [0, 0.1) is 0 Å². The van der Waals surface area contributed by atoms with E-state index >= 15 is 0 Å². The highest BCUT2D eigenvalue weighted by Crippen LogP contribution is 2.25. The van der Waals surface area contributed by atoms with Crippen LogP contribution in [0.25, 0.3) is 0 Å². The molecule has 1 aromatic heterocycles. The van der Waals surface area contributed by atoms with Gasteiger partial charge in [-0.15, -0.1) is 0 Å². The Kier molecular flexibility index (Phi) is 3.03. The fourth-order valence-corrected chi connectivity index (χ4v) is 3.15. The van der Waals surface area contributed by atoms with Gasteiger partial charge in [0, 0.05) is 12.0 Å². The molecule has 1 aromatic rings. The molecule has 1 aliphatic rings. The summed E-state index contributed by atoms with van der Waals surface area (Å²) in [6.45, 7) is 6.49. The fourth-order valence-electron chi connectivity index (χ4n) is 1.76. The maximum absolute atomic E-state index is 11.5. The van der Waals surface area contributed by atoms with Crippen LogP contribution in [0.3, 0.4) is 0 Å². The first-order valence-corrected chi connectivity index (χ1v) is 7.50. The number of hydrogen-bond donors (Lipinski definition) is 1. The minimum absolute atomic E-state index is 0.0891. The zero-order valence-corrected chi connectivity index (χ0v) is 11.2. The average Bonchev–Trinajstić information content (AvgIpc) is 2.63. The highest BCUT2D eigenvalue weighted by atomic mass is 32.2. The summed E-state index contributed by atoms with van der Waals surface area (Å²) in [5.74, 6) is 1.53. The van der Waals surface area contributed by atoms with Crippen LogP contribution in [-0.4, -0.2) is 31.5 Å². The van der Waals surface area contributed by atoms with E-state index in [1.165, 1.54) is 0 Å². The van der Waals surface area contributed by atoms with Crippen molar-refractivity contribution in [2.75, 3.05) is 18.1 Å². The number of nitrogens with zero attached hydrogens (tertiary/aromatic N) is 1. The Morgan fingerprint density at radius 3 is 2.71 bits per heavy atom. The number of hydrogen-bond acceptors (Lipinski definition) is 5. The van der Waals surface area contributed by atoms with Gasteiger partial charge in [0.1, 0.15) is 5.76 Å². The van der Waals surface area contributed by atoms with E-state index in [0.717, 1.165) is 0 Å². The van der Waals surface area contributed by atoms with E-state index < -0.39 is 9.84 Å². The summed E-state index contributed by atoms with van der Waals surface area (Å²) in [6, 6.07) is -0.266. The molecule has 0 spiro atoms. The van der Waals surface area contributed by atoms with Crippen LogP contribution in [0.4, 0.5) is 0 Å². The fraction of sp³-hybridized carbons (Fsp3) is 0.727. The lowest BCUT2D eigenvalue weighted by atomic mass is 9.97. The zero-order valence-electron chi connectivity index (χ0n) is 10.4. The van der Waals surface area contributed by atoms with Crippen molar-refractivity contribution in [2.45, 2.75) is 32.2 Å². The molecule has 17 heavy (non-hydrogen) atoms. The second-order valence-corrected chi connectivity index (χ2v) is 7.67. The second kappa shape index (κ2) is 4.10. The van der Waals surface area contributed by atoms with Gasteiger partial charge in [-0.25, -0.2) is 13.4 Å². The van der Waals surface area contributed by atoms with E-state index in [4.69, 9.17) is 4.42 Å². The average molecular weight is 258 g/mol. The molecule has 6 heteroatoms. The van der Waals surface area contributed by atoms with Crippen LogP contribution in [0.2, 0.25) is 0 Å². The molecular formula is C11H18N2O3S.